The summed E-state index contributed by atoms with van der Waals surface area (Å²) in [4.78, 5) is 24.4. The fourth-order valence-electron chi connectivity index (χ4n) is 3.84. The maximum absolute atomic E-state index is 13.4. The van der Waals surface area contributed by atoms with Crippen LogP contribution in [0.3, 0.4) is 0 Å². The quantitative estimate of drug-likeness (QED) is 0.455. The van der Waals surface area contributed by atoms with Crippen LogP contribution in [0.1, 0.15) is 44.2 Å². The summed E-state index contributed by atoms with van der Waals surface area (Å²) in [6.45, 7) is 1.65. The van der Waals surface area contributed by atoms with Gasteiger partial charge in [0.1, 0.15) is 23.7 Å². The minimum atomic E-state index is -3.93. The highest BCUT2D eigenvalue weighted by Crippen LogP contribution is 2.33. The number of aryl methyl sites for hydroxylation is 2. The van der Waals surface area contributed by atoms with Gasteiger partial charge in [-0.05, 0) is 55.7 Å². The third-order valence-electron chi connectivity index (χ3n) is 5.53. The lowest BCUT2D eigenvalue weighted by Crippen LogP contribution is -2.35. The van der Waals surface area contributed by atoms with Crippen molar-refractivity contribution in [3.63, 3.8) is 0 Å². The lowest BCUT2D eigenvalue weighted by molar-refractivity contribution is 0.0443. The number of rotatable bonds is 6. The van der Waals surface area contributed by atoms with Crippen LogP contribution in [0, 0.1) is 6.92 Å². The summed E-state index contributed by atoms with van der Waals surface area (Å²) < 4.78 is 43.6. The number of nitrogens with zero attached hydrogens (tertiary/aromatic N) is 1. The molecule has 1 aromatic heterocycles. The van der Waals surface area contributed by atoms with E-state index in [9.17, 15) is 18.0 Å². The Morgan fingerprint density at radius 2 is 1.85 bits per heavy atom. The van der Waals surface area contributed by atoms with Gasteiger partial charge in [-0.3, -0.25) is 4.31 Å². The Kier molecular flexibility index (Phi) is 6.67. The standard InChI is InChI=1S/C24H22ClNO7S/c1-15-19(23(27)31-2)12-17(33-15)14-32-24(28)20-13-18(9-10-21(20)25)34(29,30)26-11-5-7-16-6-3-4-8-22(16)26/h3-4,6,8-10,12-13H,5,7,11,14H2,1-2H3. The Morgan fingerprint density at radius 1 is 1.09 bits per heavy atom. The molecule has 0 bridgehead atoms. The van der Waals surface area contributed by atoms with Gasteiger partial charge in [0.25, 0.3) is 10.0 Å². The second-order valence-electron chi connectivity index (χ2n) is 7.70. The third-order valence-corrected chi connectivity index (χ3v) is 7.67. The summed E-state index contributed by atoms with van der Waals surface area (Å²) in [7, 11) is -2.68. The number of benzene rings is 2. The molecule has 0 radical (unpaired) electrons. The van der Waals surface area contributed by atoms with Gasteiger partial charge in [-0.15, -0.1) is 0 Å². The second kappa shape index (κ2) is 9.52. The molecule has 0 fully saturated rings. The summed E-state index contributed by atoms with van der Waals surface area (Å²) in [5, 5.41) is 0.0499. The zero-order valence-electron chi connectivity index (χ0n) is 18.5. The topological polar surface area (TPSA) is 103 Å². The zero-order valence-corrected chi connectivity index (χ0v) is 20.1. The Morgan fingerprint density at radius 3 is 2.62 bits per heavy atom. The summed E-state index contributed by atoms with van der Waals surface area (Å²) >= 11 is 6.19. The number of carbonyl (C=O) groups is 2. The molecule has 1 aliphatic rings. The molecule has 0 unspecified atom stereocenters. The van der Waals surface area contributed by atoms with Gasteiger partial charge in [0, 0.05) is 6.54 Å². The summed E-state index contributed by atoms with van der Waals surface area (Å²) in [6, 6.07) is 12.7. The van der Waals surface area contributed by atoms with Gasteiger partial charge in [0.05, 0.1) is 28.3 Å². The monoisotopic (exact) mass is 503 g/mol. The molecule has 8 nitrogen and oxygen atoms in total. The number of hydrogen-bond donors (Lipinski definition) is 0. The van der Waals surface area contributed by atoms with Crippen molar-refractivity contribution in [3.05, 3.63) is 81.8 Å². The number of methoxy groups -OCH3 is 1. The number of ether oxygens (including phenoxy) is 2. The first-order chi connectivity index (χ1) is 16.2. The molecule has 0 aliphatic carbocycles. The Labute approximate surface area is 202 Å². The molecule has 4 rings (SSSR count). The molecular weight excluding hydrogens is 482 g/mol. The van der Waals surface area contributed by atoms with E-state index in [1.165, 1.54) is 35.7 Å². The van der Waals surface area contributed by atoms with Crippen LogP contribution in [0.2, 0.25) is 5.02 Å². The van der Waals surface area contributed by atoms with Crippen LogP contribution in [-0.4, -0.2) is 34.0 Å². The van der Waals surface area contributed by atoms with E-state index in [1.54, 1.807) is 19.1 Å². The zero-order chi connectivity index (χ0) is 24.5. The fourth-order valence-corrected chi connectivity index (χ4v) is 5.60. The number of carbonyl (C=O) groups excluding carboxylic acids is 2. The minimum Gasteiger partial charge on any atom is -0.465 e. The first-order valence-electron chi connectivity index (χ1n) is 10.5. The molecule has 1 aliphatic heterocycles. The van der Waals surface area contributed by atoms with Crippen LogP contribution in [0.15, 0.2) is 57.8 Å². The van der Waals surface area contributed by atoms with E-state index < -0.39 is 22.0 Å². The second-order valence-corrected chi connectivity index (χ2v) is 9.97. The molecule has 34 heavy (non-hydrogen) atoms. The molecule has 0 saturated carbocycles. The van der Waals surface area contributed by atoms with Gasteiger partial charge in [-0.2, -0.15) is 0 Å². The third kappa shape index (κ3) is 4.53. The largest absolute Gasteiger partial charge is 0.465 e. The van der Waals surface area contributed by atoms with E-state index in [4.69, 9.17) is 20.8 Å². The van der Waals surface area contributed by atoms with Crippen LogP contribution in [0.25, 0.3) is 0 Å². The molecular formula is C24H22ClNO7S. The minimum absolute atomic E-state index is 0.0499. The maximum atomic E-state index is 13.4. The number of fused-ring (bicyclic) bond motifs is 1. The van der Waals surface area contributed by atoms with Crippen molar-refractivity contribution in [2.24, 2.45) is 0 Å². The van der Waals surface area contributed by atoms with E-state index in [0.29, 0.717) is 24.4 Å². The smallest absolute Gasteiger partial charge is 0.341 e. The lowest BCUT2D eigenvalue weighted by Gasteiger charge is -2.30. The van der Waals surface area contributed by atoms with Crippen LogP contribution in [0.5, 0.6) is 0 Å². The van der Waals surface area contributed by atoms with Crippen LogP contribution in [0.4, 0.5) is 5.69 Å². The molecule has 2 heterocycles. The molecule has 0 amide bonds. The van der Waals surface area contributed by atoms with Gasteiger partial charge in [0.15, 0.2) is 0 Å². The van der Waals surface area contributed by atoms with Crippen molar-refractivity contribution in [1.82, 2.24) is 0 Å². The van der Waals surface area contributed by atoms with Crippen LogP contribution >= 0.6 is 11.6 Å². The number of para-hydroxylation sites is 1. The highest BCUT2D eigenvalue weighted by molar-refractivity contribution is 7.92. The first kappa shape index (κ1) is 23.8. The number of hydrogen-bond acceptors (Lipinski definition) is 7. The van der Waals surface area contributed by atoms with Crippen molar-refractivity contribution >= 4 is 39.3 Å². The number of anilines is 1. The van der Waals surface area contributed by atoms with Gasteiger partial charge < -0.3 is 13.9 Å². The molecule has 0 saturated heterocycles. The van der Waals surface area contributed by atoms with Gasteiger partial charge in [-0.25, -0.2) is 18.0 Å². The maximum Gasteiger partial charge on any atom is 0.341 e. The molecule has 0 atom stereocenters. The normalized spacial score (nSPS) is 13.3. The van der Waals surface area contributed by atoms with Crippen molar-refractivity contribution in [3.8, 4) is 0 Å². The van der Waals surface area contributed by atoms with E-state index in [0.717, 1.165) is 12.0 Å². The van der Waals surface area contributed by atoms with E-state index in [-0.39, 0.29) is 33.4 Å². The van der Waals surface area contributed by atoms with E-state index >= 15 is 0 Å². The molecule has 3 aromatic rings. The van der Waals surface area contributed by atoms with Gasteiger partial charge in [0.2, 0.25) is 0 Å². The van der Waals surface area contributed by atoms with Crippen molar-refractivity contribution < 1.29 is 31.9 Å². The fraction of sp³-hybridized carbons (Fsp3) is 0.250. The van der Waals surface area contributed by atoms with Crippen LogP contribution < -0.4 is 4.31 Å². The van der Waals surface area contributed by atoms with E-state index in [2.05, 4.69) is 4.74 Å². The average molecular weight is 504 g/mol. The SMILES string of the molecule is COC(=O)c1cc(COC(=O)c2cc(S(=O)(=O)N3CCCc4ccccc43)ccc2Cl)oc1C. The molecule has 178 valence electrons. The number of furan rings is 1. The average Bonchev–Trinajstić information content (AvgIpc) is 3.22. The van der Waals surface area contributed by atoms with Crippen molar-refractivity contribution in [1.29, 1.82) is 0 Å². The lowest BCUT2D eigenvalue weighted by atomic mass is 10.0. The number of sulfonamides is 1. The van der Waals surface area contributed by atoms with Crippen molar-refractivity contribution in [2.45, 2.75) is 31.3 Å². The van der Waals surface area contributed by atoms with Crippen molar-refractivity contribution in [2.75, 3.05) is 18.0 Å². The summed E-state index contributed by atoms with van der Waals surface area (Å²) in [6.07, 6.45) is 1.49. The number of esters is 2. The highest BCUT2D eigenvalue weighted by atomic mass is 35.5. The predicted molar refractivity (Wildman–Crippen MR) is 125 cm³/mol. The van der Waals surface area contributed by atoms with Crippen LogP contribution in [-0.2, 0) is 32.5 Å². The Bertz CT molecular complexity index is 1360. The van der Waals surface area contributed by atoms with Gasteiger partial charge in [-0.1, -0.05) is 29.8 Å². The van der Waals surface area contributed by atoms with E-state index in [1.807, 2.05) is 12.1 Å². The number of halogens is 1. The summed E-state index contributed by atoms with van der Waals surface area (Å²) in [5.41, 5.74) is 1.71. The molecule has 0 spiro atoms. The molecule has 10 heteroatoms. The molecule has 2 aromatic carbocycles. The first-order valence-corrected chi connectivity index (χ1v) is 12.3. The summed E-state index contributed by atoms with van der Waals surface area (Å²) in [5.74, 6) is -0.837. The van der Waals surface area contributed by atoms with Gasteiger partial charge >= 0.3 is 11.9 Å². The predicted octanol–water partition coefficient (Wildman–Crippen LogP) is 4.53. The highest BCUT2D eigenvalue weighted by Gasteiger charge is 2.30. The Hall–Kier alpha value is -3.30. The Balaban J connectivity index is 1.57. The molecule has 0 N–H and O–H groups in total.